The number of thiazole rings is 1. The van der Waals surface area contributed by atoms with Gasteiger partial charge in [0.15, 0.2) is 0 Å². The molecule has 0 saturated heterocycles. The normalized spacial score (nSPS) is 11.5. The van der Waals surface area contributed by atoms with Gasteiger partial charge in [-0.15, -0.1) is 11.3 Å². The average Bonchev–Trinajstić information content (AvgIpc) is 3.08. The predicted octanol–water partition coefficient (Wildman–Crippen LogP) is 3.38. The highest BCUT2D eigenvalue weighted by atomic mass is 32.1. The maximum Gasteiger partial charge on any atom is 0.212 e. The van der Waals surface area contributed by atoms with Gasteiger partial charge in [0.1, 0.15) is 27.0 Å². The first-order chi connectivity index (χ1) is 9.74. The second kappa shape index (κ2) is 4.26. The Kier molecular flexibility index (Phi) is 2.51. The van der Waals surface area contributed by atoms with Crippen LogP contribution in [0.4, 0.5) is 0 Å². The maximum atomic E-state index is 5.34. The van der Waals surface area contributed by atoms with Crippen LogP contribution in [0, 0.1) is 6.92 Å². The van der Waals surface area contributed by atoms with Crippen LogP contribution >= 0.6 is 22.7 Å². The lowest BCUT2D eigenvalue weighted by atomic mass is 10.3. The zero-order chi connectivity index (χ0) is 13.7. The minimum atomic E-state index is 0.792. The Morgan fingerprint density at radius 3 is 2.90 bits per heavy atom. The number of rotatable bonds is 2. The minimum absolute atomic E-state index is 0.792. The van der Waals surface area contributed by atoms with Gasteiger partial charge in [-0.2, -0.15) is 5.10 Å². The van der Waals surface area contributed by atoms with E-state index in [1.165, 1.54) is 0 Å². The first-order valence-corrected chi connectivity index (χ1v) is 7.64. The summed E-state index contributed by atoms with van der Waals surface area (Å²) in [6.07, 6.45) is 1.92. The number of benzene rings is 1. The van der Waals surface area contributed by atoms with E-state index in [1.54, 1.807) is 34.3 Å². The smallest absolute Gasteiger partial charge is 0.212 e. The molecule has 4 aromatic rings. The number of aromatic nitrogens is 4. The molecule has 0 bridgehead atoms. The molecular weight excluding hydrogens is 292 g/mol. The van der Waals surface area contributed by atoms with Crippen molar-refractivity contribution in [1.82, 2.24) is 19.6 Å². The summed E-state index contributed by atoms with van der Waals surface area (Å²) >= 11 is 3.19. The lowest BCUT2D eigenvalue weighted by Crippen LogP contribution is -1.83. The van der Waals surface area contributed by atoms with Crippen molar-refractivity contribution >= 4 is 37.9 Å². The number of imidazole rings is 1. The molecule has 0 saturated carbocycles. The van der Waals surface area contributed by atoms with Crippen LogP contribution in [0.25, 0.3) is 25.9 Å². The van der Waals surface area contributed by atoms with E-state index < -0.39 is 0 Å². The SMILES string of the molecule is COc1cccc2sc(-c3cn4nc(C)sc4n3)nc12. The lowest BCUT2D eigenvalue weighted by molar-refractivity contribution is 0.419. The number of hydrogen-bond donors (Lipinski definition) is 0. The van der Waals surface area contributed by atoms with Crippen molar-refractivity contribution in [3.05, 3.63) is 29.4 Å². The summed E-state index contributed by atoms with van der Waals surface area (Å²) in [4.78, 5) is 10.1. The van der Waals surface area contributed by atoms with E-state index in [0.29, 0.717) is 0 Å². The first kappa shape index (κ1) is 11.8. The van der Waals surface area contributed by atoms with E-state index >= 15 is 0 Å². The van der Waals surface area contributed by atoms with Crippen molar-refractivity contribution < 1.29 is 4.74 Å². The fraction of sp³-hybridized carbons (Fsp3) is 0.154. The quantitative estimate of drug-likeness (QED) is 0.569. The van der Waals surface area contributed by atoms with Gasteiger partial charge in [0.25, 0.3) is 0 Å². The van der Waals surface area contributed by atoms with Gasteiger partial charge in [0, 0.05) is 0 Å². The zero-order valence-corrected chi connectivity index (χ0v) is 12.5. The molecule has 0 fully saturated rings. The maximum absolute atomic E-state index is 5.34. The Morgan fingerprint density at radius 2 is 2.10 bits per heavy atom. The molecule has 100 valence electrons. The van der Waals surface area contributed by atoms with Crippen molar-refractivity contribution in [2.24, 2.45) is 0 Å². The van der Waals surface area contributed by atoms with Crippen molar-refractivity contribution in [2.75, 3.05) is 7.11 Å². The molecule has 0 spiro atoms. The van der Waals surface area contributed by atoms with Crippen molar-refractivity contribution in [2.45, 2.75) is 6.92 Å². The largest absolute Gasteiger partial charge is 0.494 e. The van der Waals surface area contributed by atoms with Gasteiger partial charge >= 0.3 is 0 Å². The Morgan fingerprint density at radius 1 is 1.20 bits per heavy atom. The van der Waals surface area contributed by atoms with Crippen molar-refractivity contribution in [3.63, 3.8) is 0 Å². The molecule has 0 aliphatic heterocycles. The van der Waals surface area contributed by atoms with E-state index in [0.717, 1.165) is 36.6 Å². The van der Waals surface area contributed by atoms with E-state index in [4.69, 9.17) is 4.74 Å². The number of aryl methyl sites for hydroxylation is 1. The molecule has 0 amide bonds. The molecule has 7 heteroatoms. The Hall–Kier alpha value is -1.99. The van der Waals surface area contributed by atoms with E-state index in [1.807, 2.05) is 31.3 Å². The van der Waals surface area contributed by atoms with Gasteiger partial charge in [-0.25, -0.2) is 14.5 Å². The van der Waals surface area contributed by atoms with Gasteiger partial charge in [-0.05, 0) is 19.1 Å². The summed E-state index contributed by atoms with van der Waals surface area (Å²) in [5, 5.41) is 6.27. The molecule has 0 unspecified atom stereocenters. The third-order valence-corrected chi connectivity index (χ3v) is 4.85. The Balaban J connectivity index is 1.90. The van der Waals surface area contributed by atoms with Crippen LogP contribution in [-0.4, -0.2) is 26.7 Å². The van der Waals surface area contributed by atoms with Crippen LogP contribution in [0.3, 0.4) is 0 Å². The van der Waals surface area contributed by atoms with Crippen LogP contribution < -0.4 is 4.74 Å². The second-order valence-corrected chi connectivity index (χ2v) is 6.49. The standard InChI is InChI=1S/C13H10N4OS2/c1-7-16-17-6-8(14-13(17)19-7)12-15-11-9(18-2)4-3-5-10(11)20-12/h3-6H,1-2H3. The molecule has 0 N–H and O–H groups in total. The lowest BCUT2D eigenvalue weighted by Gasteiger charge is -1.97. The van der Waals surface area contributed by atoms with Crippen molar-refractivity contribution in [1.29, 1.82) is 0 Å². The minimum Gasteiger partial charge on any atom is -0.494 e. The summed E-state index contributed by atoms with van der Waals surface area (Å²) in [5.41, 5.74) is 1.74. The predicted molar refractivity (Wildman–Crippen MR) is 80.8 cm³/mol. The average molecular weight is 302 g/mol. The second-order valence-electron chi connectivity index (χ2n) is 4.30. The van der Waals surface area contributed by atoms with Crippen LogP contribution in [-0.2, 0) is 0 Å². The number of para-hydroxylation sites is 1. The summed E-state index contributed by atoms with van der Waals surface area (Å²) in [5.74, 6) is 0.792. The van der Waals surface area contributed by atoms with Gasteiger partial charge < -0.3 is 4.74 Å². The number of fused-ring (bicyclic) bond motifs is 2. The third kappa shape index (κ3) is 1.70. The summed E-state index contributed by atoms with van der Waals surface area (Å²) in [6, 6.07) is 5.93. The monoisotopic (exact) mass is 302 g/mol. The topological polar surface area (TPSA) is 52.3 Å². The highest BCUT2D eigenvalue weighted by molar-refractivity contribution is 7.21. The van der Waals surface area contributed by atoms with E-state index in [-0.39, 0.29) is 0 Å². The van der Waals surface area contributed by atoms with Crippen molar-refractivity contribution in [3.8, 4) is 16.5 Å². The first-order valence-electron chi connectivity index (χ1n) is 6.01. The van der Waals surface area contributed by atoms with Crippen LogP contribution in [0.1, 0.15) is 5.01 Å². The fourth-order valence-electron chi connectivity index (χ4n) is 2.10. The Labute approximate surface area is 122 Å². The number of methoxy groups -OCH3 is 1. The molecule has 3 aromatic heterocycles. The summed E-state index contributed by atoms with van der Waals surface area (Å²) in [7, 11) is 1.66. The molecule has 20 heavy (non-hydrogen) atoms. The molecular formula is C13H10N4OS2. The molecule has 4 rings (SSSR count). The number of hydrogen-bond acceptors (Lipinski definition) is 6. The highest BCUT2D eigenvalue weighted by Gasteiger charge is 2.14. The van der Waals surface area contributed by atoms with Gasteiger partial charge in [0.05, 0.1) is 18.0 Å². The van der Waals surface area contributed by atoms with Gasteiger partial charge in [-0.3, -0.25) is 0 Å². The summed E-state index contributed by atoms with van der Waals surface area (Å²) in [6.45, 7) is 1.97. The van der Waals surface area contributed by atoms with E-state index in [9.17, 15) is 0 Å². The summed E-state index contributed by atoms with van der Waals surface area (Å²) < 4.78 is 8.25. The van der Waals surface area contributed by atoms with Crippen LogP contribution in [0.2, 0.25) is 0 Å². The third-order valence-electron chi connectivity index (χ3n) is 2.97. The Bertz CT molecular complexity index is 890. The molecule has 0 radical (unpaired) electrons. The number of nitrogens with zero attached hydrogens (tertiary/aromatic N) is 4. The molecule has 5 nitrogen and oxygen atoms in total. The van der Waals surface area contributed by atoms with Crippen LogP contribution in [0.5, 0.6) is 5.75 Å². The molecule has 1 aromatic carbocycles. The molecule has 0 aliphatic carbocycles. The zero-order valence-electron chi connectivity index (χ0n) is 10.8. The molecule has 0 aliphatic rings. The van der Waals surface area contributed by atoms with Gasteiger partial charge in [-0.1, -0.05) is 17.4 Å². The molecule has 3 heterocycles. The van der Waals surface area contributed by atoms with Gasteiger partial charge in [0.2, 0.25) is 4.96 Å². The van der Waals surface area contributed by atoms with Crippen LogP contribution in [0.15, 0.2) is 24.4 Å². The highest BCUT2D eigenvalue weighted by Crippen LogP contribution is 2.34. The number of ether oxygens (including phenoxy) is 1. The fourth-order valence-corrected chi connectivity index (χ4v) is 3.76. The molecule has 0 atom stereocenters. The van der Waals surface area contributed by atoms with E-state index in [2.05, 4.69) is 15.1 Å².